The second-order valence-corrected chi connectivity index (χ2v) is 4.09. The van der Waals surface area contributed by atoms with E-state index in [1.165, 1.54) is 6.07 Å². The van der Waals surface area contributed by atoms with Crippen LogP contribution < -0.4 is 15.8 Å². The van der Waals surface area contributed by atoms with Crippen molar-refractivity contribution in [3.63, 3.8) is 0 Å². The summed E-state index contributed by atoms with van der Waals surface area (Å²) in [6, 6.07) is 4.54. The largest absolute Gasteiger partial charge is 0.491 e. The van der Waals surface area contributed by atoms with E-state index in [2.05, 4.69) is 5.32 Å². The normalized spacial score (nSPS) is 14.3. The van der Waals surface area contributed by atoms with Crippen LogP contribution in [0.1, 0.15) is 10.4 Å². The highest BCUT2D eigenvalue weighted by Gasteiger charge is 2.19. The molecule has 0 aliphatic carbocycles. The number of urea groups is 1. The lowest BCUT2D eigenvalue weighted by molar-refractivity contribution is 0.0693. The lowest BCUT2D eigenvalue weighted by atomic mass is 10.1. The van der Waals surface area contributed by atoms with Crippen LogP contribution >= 0.6 is 0 Å². The maximum absolute atomic E-state index is 11.3. The number of ether oxygens (including phenoxy) is 1. The molecule has 0 spiro atoms. The Morgan fingerprint density at radius 3 is 2.95 bits per heavy atom. The zero-order valence-electron chi connectivity index (χ0n) is 10.3. The number of carboxylic acids is 1. The van der Waals surface area contributed by atoms with Crippen LogP contribution in [-0.4, -0.2) is 48.2 Å². The number of aromatic carboxylic acids is 1. The van der Waals surface area contributed by atoms with E-state index >= 15 is 0 Å². The van der Waals surface area contributed by atoms with Crippen molar-refractivity contribution >= 4 is 17.7 Å². The molecule has 7 heteroatoms. The summed E-state index contributed by atoms with van der Waals surface area (Å²) in [5.74, 6) is -0.917. The Balaban J connectivity index is 1.98. The van der Waals surface area contributed by atoms with Crippen LogP contribution in [0.5, 0.6) is 5.75 Å². The van der Waals surface area contributed by atoms with Gasteiger partial charge in [-0.2, -0.15) is 0 Å². The van der Waals surface area contributed by atoms with Crippen LogP contribution in [-0.2, 0) is 0 Å². The highest BCUT2D eigenvalue weighted by molar-refractivity contribution is 5.96. The third-order valence-corrected chi connectivity index (χ3v) is 2.84. The van der Waals surface area contributed by atoms with Gasteiger partial charge < -0.3 is 25.8 Å². The first-order valence-electron chi connectivity index (χ1n) is 5.87. The van der Waals surface area contributed by atoms with Gasteiger partial charge >= 0.3 is 12.0 Å². The first-order valence-corrected chi connectivity index (χ1v) is 5.87. The fourth-order valence-electron chi connectivity index (χ4n) is 1.89. The molecule has 0 saturated carbocycles. The number of carbonyl (C=O) groups excluding carboxylic acids is 1. The summed E-state index contributed by atoms with van der Waals surface area (Å²) < 4.78 is 5.41. The molecule has 7 nitrogen and oxygen atoms in total. The van der Waals surface area contributed by atoms with E-state index in [1.807, 2.05) is 0 Å². The van der Waals surface area contributed by atoms with Gasteiger partial charge in [0.05, 0.1) is 6.54 Å². The van der Waals surface area contributed by atoms with Crippen LogP contribution in [0.25, 0.3) is 0 Å². The van der Waals surface area contributed by atoms with Crippen molar-refractivity contribution in [2.45, 2.75) is 0 Å². The first kappa shape index (κ1) is 13.0. The second kappa shape index (κ2) is 5.47. The molecule has 0 aromatic heterocycles. The predicted octanol–water partition coefficient (Wildman–Crippen LogP) is 0.371. The van der Waals surface area contributed by atoms with Crippen molar-refractivity contribution in [3.05, 3.63) is 23.8 Å². The summed E-state index contributed by atoms with van der Waals surface area (Å²) in [6.07, 6.45) is 0. The molecule has 0 bridgehead atoms. The predicted molar refractivity (Wildman–Crippen MR) is 68.3 cm³/mol. The number of hydrogen-bond donors (Lipinski definition) is 3. The summed E-state index contributed by atoms with van der Waals surface area (Å²) in [5, 5.41) is 11.7. The molecule has 1 aliphatic heterocycles. The molecule has 0 atom stereocenters. The summed E-state index contributed by atoms with van der Waals surface area (Å²) >= 11 is 0. The average molecular weight is 265 g/mol. The van der Waals surface area contributed by atoms with Gasteiger partial charge in [-0.05, 0) is 12.1 Å². The maximum Gasteiger partial charge on any atom is 0.341 e. The van der Waals surface area contributed by atoms with Crippen LogP contribution in [0, 0.1) is 0 Å². The number of nitrogens with zero attached hydrogens (tertiary/aromatic N) is 1. The SMILES string of the molecule is Nc1cccc(OCCN2CCNC2=O)c1C(=O)O. The molecule has 0 radical (unpaired) electrons. The van der Waals surface area contributed by atoms with E-state index in [1.54, 1.807) is 17.0 Å². The Morgan fingerprint density at radius 1 is 1.53 bits per heavy atom. The standard InChI is InChI=1S/C12H15N3O4/c13-8-2-1-3-9(10(8)11(16)17)19-7-6-15-5-4-14-12(15)18/h1-3H,4-7,13H2,(H,14,18)(H,16,17). The van der Waals surface area contributed by atoms with Crippen LogP contribution in [0.3, 0.4) is 0 Å². The van der Waals surface area contributed by atoms with Crippen molar-refractivity contribution in [1.82, 2.24) is 10.2 Å². The topological polar surface area (TPSA) is 105 Å². The number of rotatable bonds is 5. The van der Waals surface area contributed by atoms with Gasteiger partial charge in [0.1, 0.15) is 17.9 Å². The lowest BCUT2D eigenvalue weighted by Gasteiger charge is -2.15. The number of carbonyl (C=O) groups is 2. The molecular formula is C12H15N3O4. The van der Waals surface area contributed by atoms with Crippen LogP contribution in [0.2, 0.25) is 0 Å². The number of hydrogen-bond acceptors (Lipinski definition) is 4. The van der Waals surface area contributed by atoms with Crippen molar-refractivity contribution in [2.75, 3.05) is 32.0 Å². The zero-order valence-corrected chi connectivity index (χ0v) is 10.3. The Kier molecular flexibility index (Phi) is 3.74. The minimum absolute atomic E-state index is 0.0478. The Hall–Kier alpha value is -2.44. The number of carboxylic acid groups (broad SMARTS) is 1. The number of nitrogens with two attached hydrogens (primary N) is 1. The van der Waals surface area contributed by atoms with Crippen molar-refractivity contribution in [2.24, 2.45) is 0 Å². The van der Waals surface area contributed by atoms with Gasteiger partial charge in [-0.3, -0.25) is 0 Å². The quantitative estimate of drug-likeness (QED) is 0.667. The molecule has 2 rings (SSSR count). The molecule has 2 amide bonds. The molecule has 1 aliphatic rings. The van der Waals surface area contributed by atoms with E-state index in [4.69, 9.17) is 15.6 Å². The fraction of sp³-hybridized carbons (Fsp3) is 0.333. The number of benzene rings is 1. The third kappa shape index (κ3) is 2.87. The van der Waals surface area contributed by atoms with Gasteiger partial charge in [0.25, 0.3) is 0 Å². The van der Waals surface area contributed by atoms with Crippen molar-refractivity contribution < 1.29 is 19.4 Å². The van der Waals surface area contributed by atoms with Crippen LogP contribution in [0.4, 0.5) is 10.5 Å². The Morgan fingerprint density at radius 2 is 2.32 bits per heavy atom. The number of anilines is 1. The highest BCUT2D eigenvalue weighted by atomic mass is 16.5. The van der Waals surface area contributed by atoms with E-state index in [0.29, 0.717) is 19.6 Å². The monoisotopic (exact) mass is 265 g/mol. The molecule has 1 aromatic rings. The summed E-state index contributed by atoms with van der Waals surface area (Å²) in [7, 11) is 0. The van der Waals surface area contributed by atoms with Gasteiger partial charge in [0, 0.05) is 18.8 Å². The number of nitrogens with one attached hydrogen (secondary N) is 1. The first-order chi connectivity index (χ1) is 9.09. The summed E-state index contributed by atoms with van der Waals surface area (Å²) in [6.45, 7) is 1.87. The molecule has 1 fully saturated rings. The van der Waals surface area contributed by atoms with E-state index in [0.717, 1.165) is 0 Å². The molecule has 19 heavy (non-hydrogen) atoms. The number of amides is 2. The smallest absolute Gasteiger partial charge is 0.341 e. The molecule has 1 saturated heterocycles. The number of nitrogen functional groups attached to an aromatic ring is 1. The molecule has 1 aromatic carbocycles. The Labute approximate surface area is 109 Å². The highest BCUT2D eigenvalue weighted by Crippen LogP contribution is 2.24. The van der Waals surface area contributed by atoms with Gasteiger partial charge in [-0.15, -0.1) is 0 Å². The fourth-order valence-corrected chi connectivity index (χ4v) is 1.89. The van der Waals surface area contributed by atoms with E-state index in [-0.39, 0.29) is 29.6 Å². The lowest BCUT2D eigenvalue weighted by Crippen LogP contribution is -2.32. The maximum atomic E-state index is 11.3. The van der Waals surface area contributed by atoms with E-state index in [9.17, 15) is 9.59 Å². The van der Waals surface area contributed by atoms with E-state index < -0.39 is 5.97 Å². The molecule has 4 N–H and O–H groups in total. The zero-order chi connectivity index (χ0) is 13.8. The summed E-state index contributed by atoms with van der Waals surface area (Å²) in [5.41, 5.74) is 5.71. The third-order valence-electron chi connectivity index (χ3n) is 2.84. The average Bonchev–Trinajstić information content (AvgIpc) is 2.75. The summed E-state index contributed by atoms with van der Waals surface area (Å²) in [4.78, 5) is 24.0. The minimum Gasteiger partial charge on any atom is -0.491 e. The van der Waals surface area contributed by atoms with Crippen molar-refractivity contribution in [1.29, 1.82) is 0 Å². The van der Waals surface area contributed by atoms with Crippen LogP contribution in [0.15, 0.2) is 18.2 Å². The van der Waals surface area contributed by atoms with Crippen molar-refractivity contribution in [3.8, 4) is 5.75 Å². The second-order valence-electron chi connectivity index (χ2n) is 4.09. The van der Waals surface area contributed by atoms with Gasteiger partial charge in [0.15, 0.2) is 0 Å². The molecular weight excluding hydrogens is 250 g/mol. The van der Waals surface area contributed by atoms with Gasteiger partial charge in [-0.25, -0.2) is 9.59 Å². The molecule has 1 heterocycles. The minimum atomic E-state index is -1.13. The molecule has 102 valence electrons. The molecule has 0 unspecified atom stereocenters. The van der Waals surface area contributed by atoms with Gasteiger partial charge in [0.2, 0.25) is 0 Å². The Bertz CT molecular complexity index is 504. The van der Waals surface area contributed by atoms with Gasteiger partial charge in [-0.1, -0.05) is 6.07 Å².